The van der Waals surface area contributed by atoms with E-state index < -0.39 is 0 Å². The van der Waals surface area contributed by atoms with E-state index >= 15 is 0 Å². The number of rotatable bonds is 4. The largest absolute Gasteiger partial charge is 0.370 e. The summed E-state index contributed by atoms with van der Waals surface area (Å²) in [6, 6.07) is 10.5. The lowest BCUT2D eigenvalue weighted by Gasteiger charge is -2.38. The minimum absolute atomic E-state index is 0.112. The van der Waals surface area contributed by atoms with Crippen LogP contribution in [0.2, 0.25) is 0 Å². The number of fused-ring (bicyclic) bond motifs is 1. The maximum atomic E-state index is 14.2. The fraction of sp³-hybridized carbons (Fsp3) is 0.360. The highest BCUT2D eigenvalue weighted by atomic mass is 19.1. The molecule has 1 aromatic carbocycles. The molecule has 6 rings (SSSR count). The smallest absolute Gasteiger partial charge is 0.180 e. The summed E-state index contributed by atoms with van der Waals surface area (Å²) in [5.41, 5.74) is 2.73. The van der Waals surface area contributed by atoms with Crippen LogP contribution in [0.15, 0.2) is 55.0 Å². The highest BCUT2D eigenvalue weighted by molar-refractivity contribution is 5.89. The molecule has 1 atom stereocenters. The second-order valence-corrected chi connectivity index (χ2v) is 9.18. The fourth-order valence-corrected chi connectivity index (χ4v) is 5.03. The molecular formula is C25H26FN7O. The van der Waals surface area contributed by atoms with Crippen LogP contribution in [0.5, 0.6) is 0 Å². The van der Waals surface area contributed by atoms with Crippen molar-refractivity contribution < 1.29 is 9.13 Å². The lowest BCUT2D eigenvalue weighted by molar-refractivity contribution is -0.0885. The molecule has 0 amide bonds. The molecule has 2 fully saturated rings. The van der Waals surface area contributed by atoms with Crippen LogP contribution in [0, 0.1) is 5.82 Å². The predicted molar refractivity (Wildman–Crippen MR) is 127 cm³/mol. The number of anilines is 1. The molecule has 0 aliphatic carbocycles. The average Bonchev–Trinajstić information content (AvgIpc) is 3.42. The Morgan fingerprint density at radius 2 is 1.88 bits per heavy atom. The molecule has 1 spiro atoms. The molecule has 0 radical (unpaired) electrons. The Morgan fingerprint density at radius 3 is 2.71 bits per heavy atom. The number of pyridine rings is 1. The van der Waals surface area contributed by atoms with Gasteiger partial charge in [0, 0.05) is 37.9 Å². The monoisotopic (exact) mass is 459 g/mol. The lowest BCUT2D eigenvalue weighted by Crippen LogP contribution is -2.51. The standard InChI is InChI=1S/C25H26FN7O/c1-31-11-12-34-25(16-31)8-10-32(17-25)19-13-28-23(29-14-19)22-20-6-4-9-27-24(20)33(30-22)15-18-5-2-3-7-21(18)26/h2-7,9,13-14H,8,10-12,15-17H2,1H3. The normalized spacial score (nSPS) is 21.1. The number of nitrogens with zero attached hydrogens (tertiary/aromatic N) is 7. The van der Waals surface area contributed by atoms with Crippen molar-refractivity contribution in [3.8, 4) is 11.5 Å². The molecule has 2 aliphatic heterocycles. The van der Waals surface area contributed by atoms with Gasteiger partial charge in [-0.15, -0.1) is 0 Å². The molecule has 0 N–H and O–H groups in total. The van der Waals surface area contributed by atoms with E-state index in [0.717, 1.165) is 50.3 Å². The first-order chi connectivity index (χ1) is 16.6. The van der Waals surface area contributed by atoms with Crippen molar-refractivity contribution >= 4 is 16.7 Å². The number of aromatic nitrogens is 5. The molecule has 4 aromatic rings. The Kier molecular flexibility index (Phi) is 5.23. The molecule has 2 saturated heterocycles. The topological polar surface area (TPSA) is 72.2 Å². The zero-order valence-corrected chi connectivity index (χ0v) is 19.1. The van der Waals surface area contributed by atoms with Crippen molar-refractivity contribution in [2.75, 3.05) is 44.7 Å². The van der Waals surface area contributed by atoms with Crippen LogP contribution in [0.25, 0.3) is 22.6 Å². The van der Waals surface area contributed by atoms with Gasteiger partial charge in [0.1, 0.15) is 11.5 Å². The molecule has 8 nitrogen and oxygen atoms in total. The van der Waals surface area contributed by atoms with Crippen molar-refractivity contribution in [1.29, 1.82) is 0 Å². The third kappa shape index (κ3) is 3.80. The minimum atomic E-state index is -0.263. The van der Waals surface area contributed by atoms with E-state index in [9.17, 15) is 4.39 Å². The van der Waals surface area contributed by atoms with Crippen LogP contribution in [-0.2, 0) is 11.3 Å². The van der Waals surface area contributed by atoms with Gasteiger partial charge in [0.25, 0.3) is 0 Å². The van der Waals surface area contributed by atoms with Gasteiger partial charge < -0.3 is 14.5 Å². The van der Waals surface area contributed by atoms with E-state index in [1.54, 1.807) is 23.0 Å². The summed E-state index contributed by atoms with van der Waals surface area (Å²) in [6.45, 7) is 4.73. The van der Waals surface area contributed by atoms with Crippen LogP contribution in [0.3, 0.4) is 0 Å². The number of hydrogen-bond acceptors (Lipinski definition) is 7. The molecule has 34 heavy (non-hydrogen) atoms. The number of morpholine rings is 1. The Hall–Kier alpha value is -3.43. The van der Waals surface area contributed by atoms with Crippen LogP contribution >= 0.6 is 0 Å². The number of hydrogen-bond donors (Lipinski definition) is 0. The summed E-state index contributed by atoms with van der Waals surface area (Å²) in [7, 11) is 2.15. The van der Waals surface area contributed by atoms with Gasteiger partial charge in [-0.3, -0.25) is 0 Å². The first-order valence-electron chi connectivity index (χ1n) is 11.6. The number of benzene rings is 1. The van der Waals surface area contributed by atoms with Gasteiger partial charge in [-0.05, 0) is 31.7 Å². The third-order valence-corrected chi connectivity index (χ3v) is 6.76. The van der Waals surface area contributed by atoms with E-state index in [1.807, 2.05) is 30.6 Å². The van der Waals surface area contributed by atoms with Gasteiger partial charge in [0.2, 0.25) is 0 Å². The van der Waals surface area contributed by atoms with Crippen LogP contribution in [0.4, 0.5) is 10.1 Å². The first kappa shape index (κ1) is 21.1. The number of halogens is 1. The van der Waals surface area contributed by atoms with Crippen molar-refractivity contribution in [2.45, 2.75) is 18.6 Å². The fourth-order valence-electron chi connectivity index (χ4n) is 5.03. The summed E-state index contributed by atoms with van der Waals surface area (Å²) in [5, 5.41) is 5.56. The van der Waals surface area contributed by atoms with Crippen LogP contribution in [0.1, 0.15) is 12.0 Å². The maximum Gasteiger partial charge on any atom is 0.180 e. The van der Waals surface area contributed by atoms with Gasteiger partial charge in [-0.2, -0.15) is 5.10 Å². The van der Waals surface area contributed by atoms with Crippen molar-refractivity contribution in [3.05, 3.63) is 66.4 Å². The molecular weight excluding hydrogens is 433 g/mol. The van der Waals surface area contributed by atoms with E-state index in [0.29, 0.717) is 22.7 Å². The van der Waals surface area contributed by atoms with Gasteiger partial charge in [0.05, 0.1) is 42.2 Å². The minimum Gasteiger partial charge on any atom is -0.370 e. The van der Waals surface area contributed by atoms with Crippen molar-refractivity contribution in [3.63, 3.8) is 0 Å². The van der Waals surface area contributed by atoms with E-state index in [1.165, 1.54) is 6.07 Å². The third-order valence-electron chi connectivity index (χ3n) is 6.76. The number of likely N-dealkylation sites (N-methyl/N-ethyl adjacent to an activating group) is 1. The molecule has 0 bridgehead atoms. The molecule has 174 valence electrons. The Balaban J connectivity index is 1.27. The quantitative estimate of drug-likeness (QED) is 0.465. The molecule has 5 heterocycles. The Morgan fingerprint density at radius 1 is 1.03 bits per heavy atom. The second kappa shape index (κ2) is 8.41. The zero-order valence-electron chi connectivity index (χ0n) is 19.1. The Bertz CT molecular complexity index is 1320. The number of ether oxygens (including phenoxy) is 1. The van der Waals surface area contributed by atoms with Crippen LogP contribution < -0.4 is 4.90 Å². The van der Waals surface area contributed by atoms with Crippen LogP contribution in [-0.4, -0.2) is 75.1 Å². The molecule has 1 unspecified atom stereocenters. The molecule has 3 aromatic heterocycles. The Labute approximate surface area is 197 Å². The highest BCUT2D eigenvalue weighted by Crippen LogP contribution is 2.32. The zero-order chi connectivity index (χ0) is 23.1. The molecule has 2 aliphatic rings. The van der Waals surface area contributed by atoms with E-state index in [-0.39, 0.29) is 18.0 Å². The first-order valence-corrected chi connectivity index (χ1v) is 11.6. The van der Waals surface area contributed by atoms with Crippen molar-refractivity contribution in [2.24, 2.45) is 0 Å². The summed E-state index contributed by atoms with van der Waals surface area (Å²) in [5.74, 6) is 0.261. The average molecular weight is 460 g/mol. The molecule has 0 saturated carbocycles. The second-order valence-electron chi connectivity index (χ2n) is 9.18. The SMILES string of the molecule is CN1CCOC2(CCN(c3cnc(-c4nn(Cc5ccccc5F)c5ncccc45)nc3)C2)C1. The van der Waals surface area contributed by atoms with Gasteiger partial charge >= 0.3 is 0 Å². The highest BCUT2D eigenvalue weighted by Gasteiger charge is 2.42. The summed E-state index contributed by atoms with van der Waals surface area (Å²) < 4.78 is 22.1. The van der Waals surface area contributed by atoms with E-state index in [2.05, 4.69) is 31.8 Å². The maximum absolute atomic E-state index is 14.2. The van der Waals surface area contributed by atoms with Gasteiger partial charge in [-0.1, -0.05) is 18.2 Å². The predicted octanol–water partition coefficient (Wildman–Crippen LogP) is 2.99. The lowest BCUT2D eigenvalue weighted by atomic mass is 10.0. The summed E-state index contributed by atoms with van der Waals surface area (Å²) >= 11 is 0. The van der Waals surface area contributed by atoms with Gasteiger partial charge in [0.15, 0.2) is 11.5 Å². The van der Waals surface area contributed by atoms with Gasteiger partial charge in [-0.25, -0.2) is 24.0 Å². The molecule has 9 heteroatoms. The van der Waals surface area contributed by atoms with Crippen molar-refractivity contribution in [1.82, 2.24) is 29.6 Å². The summed E-state index contributed by atoms with van der Waals surface area (Å²) in [6.07, 6.45) is 6.41. The summed E-state index contributed by atoms with van der Waals surface area (Å²) in [4.78, 5) is 18.4. The van der Waals surface area contributed by atoms with E-state index in [4.69, 9.17) is 9.84 Å².